The Bertz CT molecular complexity index is 1990. The number of hydrogen-bond acceptors (Lipinski definition) is 13. The molecule has 2 unspecified atom stereocenters. The van der Waals surface area contributed by atoms with Crippen molar-refractivity contribution >= 4 is 68.7 Å². The number of halogens is 1. The van der Waals surface area contributed by atoms with Crippen molar-refractivity contribution < 1.29 is 53.1 Å². The molecule has 1 aliphatic carbocycles. The summed E-state index contributed by atoms with van der Waals surface area (Å²) in [5.74, 6) is 0.349. The van der Waals surface area contributed by atoms with Gasteiger partial charge in [-0.25, -0.2) is 9.59 Å². The van der Waals surface area contributed by atoms with Crippen molar-refractivity contribution in [3.8, 4) is 5.75 Å². The van der Waals surface area contributed by atoms with E-state index in [1.165, 1.54) is 62.1 Å². The topological polar surface area (TPSA) is 197 Å². The molecule has 1 aromatic rings. The van der Waals surface area contributed by atoms with Gasteiger partial charge in [-0.2, -0.15) is 0 Å². The van der Waals surface area contributed by atoms with E-state index in [0.717, 1.165) is 49.0 Å². The van der Waals surface area contributed by atoms with E-state index in [1.807, 2.05) is 6.92 Å². The first-order chi connectivity index (χ1) is 32.3. The maximum absolute atomic E-state index is 14.3. The van der Waals surface area contributed by atoms with Crippen LogP contribution in [0.3, 0.4) is 0 Å². The zero-order chi connectivity index (χ0) is 49.8. The lowest BCUT2D eigenvalue weighted by molar-refractivity contribution is -0.162. The zero-order valence-electron chi connectivity index (χ0n) is 41.2. The number of anilines is 1. The number of aliphatic hydroxyl groups excluding tert-OH is 1. The number of likely N-dealkylation sites (N-methyl/N-ethyl adjacent to an activating group) is 1. The molecular weight excluding hydrogens is 932 g/mol. The maximum Gasteiger partial charge on any atom is 0.409 e. The Hall–Kier alpha value is -3.48. The molecule has 18 heteroatoms. The molecule has 4 aliphatic rings. The number of fused-ring (bicyclic) bond motifs is 5. The highest BCUT2D eigenvalue weighted by atomic mass is 35.5. The summed E-state index contributed by atoms with van der Waals surface area (Å²) in [6, 6.07) is 2.76. The average molecular weight is 1010 g/mol. The van der Waals surface area contributed by atoms with Crippen molar-refractivity contribution in [2.24, 2.45) is 11.8 Å². The summed E-state index contributed by atoms with van der Waals surface area (Å²) >= 11 is 6.79. The fourth-order valence-electron chi connectivity index (χ4n) is 9.30. The Morgan fingerprint density at radius 3 is 2.50 bits per heavy atom. The first-order valence-electron chi connectivity index (χ1n) is 24.3. The third-order valence-electron chi connectivity index (χ3n) is 14.0. The summed E-state index contributed by atoms with van der Waals surface area (Å²) in [6.07, 6.45) is 11.5. The van der Waals surface area contributed by atoms with Gasteiger partial charge in [0.25, 0.3) is 0 Å². The number of carbonyl (C=O) groups is 5. The van der Waals surface area contributed by atoms with Crippen LogP contribution in [0.5, 0.6) is 5.75 Å². The molecule has 0 spiro atoms. The molecular formula is C50H75ClN4O11S2. The number of nitrogens with one attached hydrogen (secondary N) is 2. The molecule has 3 heterocycles. The number of hydrogen-bond donors (Lipinski definition) is 4. The molecule has 0 aromatic heterocycles. The lowest BCUT2D eigenvalue weighted by Crippen LogP contribution is -2.63. The van der Waals surface area contributed by atoms with Gasteiger partial charge >= 0.3 is 12.1 Å². The molecule has 3 fully saturated rings. The summed E-state index contributed by atoms with van der Waals surface area (Å²) in [5.41, 5.74) is -1.35. The minimum atomic E-state index is -2.07. The number of esters is 1. The number of amides is 4. The fourth-order valence-corrected chi connectivity index (χ4v) is 11.7. The third kappa shape index (κ3) is 15.3. The van der Waals surface area contributed by atoms with E-state index in [2.05, 4.69) is 17.6 Å². The molecule has 380 valence electrons. The van der Waals surface area contributed by atoms with Gasteiger partial charge in [0.15, 0.2) is 5.72 Å². The number of alkyl carbamates (subject to hydrolysis) is 1. The van der Waals surface area contributed by atoms with E-state index < -0.39 is 65.7 Å². The van der Waals surface area contributed by atoms with Crippen LogP contribution in [0.4, 0.5) is 10.5 Å². The molecule has 1 aromatic carbocycles. The molecule has 15 nitrogen and oxygen atoms in total. The summed E-state index contributed by atoms with van der Waals surface area (Å²) in [7, 11) is 7.74. The number of ether oxygens (including phenoxy) is 4. The van der Waals surface area contributed by atoms with Crippen LogP contribution in [0.2, 0.25) is 5.02 Å². The number of aliphatic hydroxyl groups is 2. The molecule has 4 bridgehead atoms. The van der Waals surface area contributed by atoms with Gasteiger partial charge in [-0.1, -0.05) is 109 Å². The van der Waals surface area contributed by atoms with Crippen molar-refractivity contribution in [2.45, 2.75) is 179 Å². The number of methoxy groups -OCH3 is 1. The maximum atomic E-state index is 14.3. The van der Waals surface area contributed by atoms with E-state index in [4.69, 9.17) is 30.5 Å². The van der Waals surface area contributed by atoms with Crippen molar-refractivity contribution in [1.82, 2.24) is 15.5 Å². The molecule has 5 rings (SSSR count). The average Bonchev–Trinajstić information content (AvgIpc) is 4.00. The predicted octanol–water partition coefficient (Wildman–Crippen LogP) is 8.06. The zero-order valence-corrected chi connectivity index (χ0v) is 43.6. The Labute approximate surface area is 416 Å². The van der Waals surface area contributed by atoms with Gasteiger partial charge in [0, 0.05) is 56.8 Å². The van der Waals surface area contributed by atoms with E-state index in [-0.39, 0.29) is 42.1 Å². The second-order valence-corrected chi connectivity index (χ2v) is 22.6. The van der Waals surface area contributed by atoms with E-state index in [9.17, 15) is 34.2 Å². The Morgan fingerprint density at radius 2 is 1.76 bits per heavy atom. The number of benzene rings is 1. The van der Waals surface area contributed by atoms with Gasteiger partial charge in [-0.3, -0.25) is 19.7 Å². The van der Waals surface area contributed by atoms with Gasteiger partial charge in [-0.05, 0) is 76.5 Å². The van der Waals surface area contributed by atoms with Crippen molar-refractivity contribution in [2.75, 3.05) is 37.6 Å². The van der Waals surface area contributed by atoms with E-state index >= 15 is 0 Å². The molecule has 4 N–H and O–H groups in total. The number of nitrogens with zero attached hydrogens (tertiary/aromatic N) is 2. The third-order valence-corrected chi connectivity index (χ3v) is 16.9. The smallest absolute Gasteiger partial charge is 0.409 e. The standard InChI is InChI=1S/C50H75ClN4O11S2/c1-31-16-12-10-9-11-13-18-36(22-21-31)52-42(57)20-15-24-67-68-25-23-43(58)54(6)34(4)47(60)65-41-29-44(59)55(7)37-27-35(28-38(63-8)45(37)51)26-32(2)17-14-19-40(56)50(62)30-39(64-48(61)53-50)33(3)46-49(41,5)66-46/h14,17,19,27-28,31,33-34,36,39-41,46,56,62H,9-13,15-16,18,20-26,29-30H2,1-8H3,(H,52,57)(H,53,61)/b19-14+,32-17+/t31?,33-,34+,36?,39+,40-,41+,46+,49+,50+/m1/s1. The molecule has 0 radical (unpaired) electrons. The van der Waals surface area contributed by atoms with Crippen LogP contribution < -0.4 is 20.3 Å². The minimum absolute atomic E-state index is 0.106. The second-order valence-electron chi connectivity index (χ2n) is 19.5. The molecule has 2 saturated heterocycles. The summed E-state index contributed by atoms with van der Waals surface area (Å²) in [5, 5.41) is 28.5. The van der Waals surface area contributed by atoms with Crippen LogP contribution in [0.25, 0.3) is 0 Å². The summed E-state index contributed by atoms with van der Waals surface area (Å²) in [4.78, 5) is 70.0. The quantitative estimate of drug-likeness (QED) is 0.0642. The lowest BCUT2D eigenvalue weighted by Gasteiger charge is -2.41. The lowest BCUT2D eigenvalue weighted by atomic mass is 9.83. The van der Waals surface area contributed by atoms with Crippen LogP contribution in [0, 0.1) is 11.8 Å². The highest BCUT2D eigenvalue weighted by Crippen LogP contribution is 2.49. The van der Waals surface area contributed by atoms with Gasteiger partial charge in [0.2, 0.25) is 17.7 Å². The molecule has 68 heavy (non-hydrogen) atoms. The fraction of sp³-hybridized carbons (Fsp3) is 0.700. The van der Waals surface area contributed by atoms with Gasteiger partial charge in [0.1, 0.15) is 40.7 Å². The molecule has 1 saturated carbocycles. The van der Waals surface area contributed by atoms with Crippen molar-refractivity contribution in [3.05, 3.63) is 46.5 Å². The Morgan fingerprint density at radius 1 is 1.06 bits per heavy atom. The van der Waals surface area contributed by atoms with Gasteiger partial charge in [-0.15, -0.1) is 0 Å². The monoisotopic (exact) mass is 1010 g/mol. The Balaban J connectivity index is 1.21. The number of carbonyl (C=O) groups excluding carboxylic acids is 5. The largest absolute Gasteiger partial charge is 0.495 e. The van der Waals surface area contributed by atoms with Crippen molar-refractivity contribution in [3.63, 3.8) is 0 Å². The van der Waals surface area contributed by atoms with Crippen molar-refractivity contribution in [1.29, 1.82) is 0 Å². The van der Waals surface area contributed by atoms with Gasteiger partial charge in [0.05, 0.1) is 25.3 Å². The number of allylic oxidation sites excluding steroid dienone is 3. The first-order valence-corrected chi connectivity index (χ1v) is 27.2. The second kappa shape index (κ2) is 25.6. The van der Waals surface area contributed by atoms with Gasteiger partial charge < -0.3 is 44.3 Å². The number of rotatable bonds is 13. The highest BCUT2D eigenvalue weighted by molar-refractivity contribution is 8.76. The molecule has 10 atom stereocenters. The summed E-state index contributed by atoms with van der Waals surface area (Å²) < 4.78 is 23.6. The van der Waals surface area contributed by atoms with Crippen LogP contribution in [0.1, 0.15) is 130 Å². The highest BCUT2D eigenvalue weighted by Gasteiger charge is 2.64. The van der Waals surface area contributed by atoms with E-state index in [1.54, 1.807) is 73.7 Å². The van der Waals surface area contributed by atoms with Crippen LogP contribution in [-0.4, -0.2) is 125 Å². The SMILES string of the molecule is COc1cc2cc(c1Cl)N(C)C(=O)C[C@H](OC(=O)[C@H](C)N(C)C(=O)CCSSCCCC(=O)NC1CCCCCCCC(C)CC1)[C@]1(C)O[C@H]1[C@H](C)[C@@H]1C[C@@](O)(NC(=O)O1)[C@H](O)/C=C/C=C(\C)C2. The van der Waals surface area contributed by atoms with Crippen LogP contribution in [0.15, 0.2) is 35.9 Å². The van der Waals surface area contributed by atoms with Crippen LogP contribution in [-0.2, 0) is 39.8 Å². The molecule has 4 amide bonds. The Kier molecular flexibility index (Phi) is 20.9. The van der Waals surface area contributed by atoms with Crippen LogP contribution >= 0.6 is 33.2 Å². The predicted molar refractivity (Wildman–Crippen MR) is 268 cm³/mol. The molecule has 3 aliphatic heterocycles. The minimum Gasteiger partial charge on any atom is -0.495 e. The van der Waals surface area contributed by atoms with E-state index in [0.29, 0.717) is 35.9 Å². The summed E-state index contributed by atoms with van der Waals surface area (Å²) in [6.45, 7) is 9.21. The first kappa shape index (κ1) is 55.4. The normalized spacial score (nSPS) is 31.2. The number of epoxide rings is 1.